The van der Waals surface area contributed by atoms with Crippen LogP contribution in [0.4, 0.5) is 4.39 Å². The molecule has 1 aromatic carbocycles. The quantitative estimate of drug-likeness (QED) is 0.661. The molecule has 2 aliphatic rings. The Balaban J connectivity index is 0.00000243. The fourth-order valence-electron chi connectivity index (χ4n) is 4.37. The molecule has 1 amide bonds. The van der Waals surface area contributed by atoms with Gasteiger partial charge in [-0.3, -0.25) is 4.79 Å². The molecule has 1 aromatic rings. The third kappa shape index (κ3) is 5.95. The molecule has 3 rings (SSSR count). The van der Waals surface area contributed by atoms with Crippen molar-refractivity contribution in [3.05, 3.63) is 35.6 Å². The second-order valence-corrected chi connectivity index (χ2v) is 7.83. The molecule has 2 atom stereocenters. The molecule has 26 heavy (non-hydrogen) atoms. The van der Waals surface area contributed by atoms with Gasteiger partial charge in [-0.15, -0.1) is 12.4 Å². The van der Waals surface area contributed by atoms with Gasteiger partial charge in [-0.25, -0.2) is 4.39 Å². The smallest absolute Gasteiger partial charge is 0.223 e. The first-order valence-corrected chi connectivity index (χ1v) is 9.92. The molecule has 2 unspecified atom stereocenters. The first kappa shape index (κ1) is 21.2. The summed E-state index contributed by atoms with van der Waals surface area (Å²) >= 11 is 0. The van der Waals surface area contributed by atoms with Crippen LogP contribution in [0.3, 0.4) is 0 Å². The van der Waals surface area contributed by atoms with E-state index in [9.17, 15) is 9.18 Å². The van der Waals surface area contributed by atoms with Crippen LogP contribution in [0.25, 0.3) is 0 Å². The standard InChI is InChI=1S/C21H31FN2O.ClH/c1-2-3-4-11-24(15-16-5-7-18(22)8-6-16)21(25)14-17-12-19-9-10-20(13-17)23-19;/h5-8,17,19-20,23H,2-4,9-15H2,1H3;1H. The number of halogens is 2. The molecular weight excluding hydrogens is 351 g/mol. The fourth-order valence-corrected chi connectivity index (χ4v) is 4.37. The van der Waals surface area contributed by atoms with Gasteiger partial charge in [-0.05, 0) is 55.7 Å². The summed E-state index contributed by atoms with van der Waals surface area (Å²) in [6.45, 7) is 3.58. The predicted molar refractivity (Wildman–Crippen MR) is 106 cm³/mol. The highest BCUT2D eigenvalue weighted by atomic mass is 35.5. The zero-order valence-electron chi connectivity index (χ0n) is 15.8. The lowest BCUT2D eigenvalue weighted by atomic mass is 9.89. The number of carbonyl (C=O) groups excluding carboxylic acids is 1. The number of piperidine rings is 1. The Bertz CT molecular complexity index is 554. The highest BCUT2D eigenvalue weighted by Gasteiger charge is 2.34. The number of hydrogen-bond donors (Lipinski definition) is 1. The van der Waals surface area contributed by atoms with Gasteiger partial charge in [0.25, 0.3) is 0 Å². The van der Waals surface area contributed by atoms with Crippen molar-refractivity contribution in [1.82, 2.24) is 10.2 Å². The number of nitrogens with one attached hydrogen (secondary N) is 1. The Morgan fingerprint density at radius 1 is 1.15 bits per heavy atom. The van der Waals surface area contributed by atoms with Crippen LogP contribution in [-0.2, 0) is 11.3 Å². The number of hydrogen-bond acceptors (Lipinski definition) is 2. The van der Waals surface area contributed by atoms with Crippen molar-refractivity contribution in [3.8, 4) is 0 Å². The summed E-state index contributed by atoms with van der Waals surface area (Å²) in [7, 11) is 0. The second-order valence-electron chi connectivity index (χ2n) is 7.83. The van der Waals surface area contributed by atoms with Crippen molar-refractivity contribution in [2.75, 3.05) is 6.54 Å². The molecule has 5 heteroatoms. The topological polar surface area (TPSA) is 32.3 Å². The van der Waals surface area contributed by atoms with E-state index in [4.69, 9.17) is 0 Å². The van der Waals surface area contributed by atoms with Crippen LogP contribution in [0.15, 0.2) is 24.3 Å². The maximum absolute atomic E-state index is 13.1. The molecule has 146 valence electrons. The van der Waals surface area contributed by atoms with Crippen molar-refractivity contribution in [2.24, 2.45) is 5.92 Å². The summed E-state index contributed by atoms with van der Waals surface area (Å²) in [6, 6.07) is 7.80. The SMILES string of the molecule is CCCCCN(Cc1ccc(F)cc1)C(=O)CC1CC2CCC(C1)N2.Cl. The number of benzene rings is 1. The van der Waals surface area contributed by atoms with Gasteiger partial charge in [0.2, 0.25) is 5.91 Å². The molecule has 0 spiro atoms. The van der Waals surface area contributed by atoms with Gasteiger partial charge in [-0.1, -0.05) is 31.9 Å². The summed E-state index contributed by atoms with van der Waals surface area (Å²) in [5.74, 6) is 0.567. The van der Waals surface area contributed by atoms with Crippen LogP contribution in [0.1, 0.15) is 63.9 Å². The molecule has 0 radical (unpaired) electrons. The molecule has 0 saturated carbocycles. The summed E-state index contributed by atoms with van der Waals surface area (Å²) in [5, 5.41) is 3.65. The third-order valence-corrected chi connectivity index (χ3v) is 5.70. The Hall–Kier alpha value is -1.13. The van der Waals surface area contributed by atoms with E-state index in [0.717, 1.165) is 44.2 Å². The summed E-state index contributed by atoms with van der Waals surface area (Å²) in [5.41, 5.74) is 1.01. The zero-order valence-corrected chi connectivity index (χ0v) is 16.6. The van der Waals surface area contributed by atoms with Crippen LogP contribution in [0.2, 0.25) is 0 Å². The lowest BCUT2D eigenvalue weighted by Crippen LogP contribution is -2.40. The number of rotatable bonds is 8. The third-order valence-electron chi connectivity index (χ3n) is 5.70. The molecule has 3 nitrogen and oxygen atoms in total. The first-order valence-electron chi connectivity index (χ1n) is 9.92. The van der Waals surface area contributed by atoms with E-state index in [-0.39, 0.29) is 24.1 Å². The summed E-state index contributed by atoms with van der Waals surface area (Å²) in [4.78, 5) is 14.9. The van der Waals surface area contributed by atoms with Gasteiger partial charge in [0.05, 0.1) is 0 Å². The minimum absolute atomic E-state index is 0. The van der Waals surface area contributed by atoms with Gasteiger partial charge < -0.3 is 10.2 Å². The van der Waals surface area contributed by atoms with E-state index < -0.39 is 0 Å². The highest BCUT2D eigenvalue weighted by molar-refractivity contribution is 5.85. The minimum atomic E-state index is -0.224. The average molecular weight is 383 g/mol. The molecule has 2 fully saturated rings. The molecule has 1 N–H and O–H groups in total. The molecule has 2 aliphatic heterocycles. The van der Waals surface area contributed by atoms with Gasteiger partial charge in [0, 0.05) is 31.6 Å². The minimum Gasteiger partial charge on any atom is -0.338 e. The largest absolute Gasteiger partial charge is 0.338 e. The average Bonchev–Trinajstić information content (AvgIpc) is 2.94. The lowest BCUT2D eigenvalue weighted by molar-refractivity contribution is -0.133. The normalized spacial score (nSPS) is 24.2. The molecular formula is C21H32ClFN2O. The lowest BCUT2D eigenvalue weighted by Gasteiger charge is -2.31. The Labute approximate surface area is 163 Å². The van der Waals surface area contributed by atoms with E-state index in [2.05, 4.69) is 12.2 Å². The second kappa shape index (κ2) is 10.3. The summed E-state index contributed by atoms with van der Waals surface area (Å²) < 4.78 is 13.1. The Kier molecular flexibility index (Phi) is 8.36. The van der Waals surface area contributed by atoms with Crippen molar-refractivity contribution in [1.29, 1.82) is 0 Å². The van der Waals surface area contributed by atoms with Crippen LogP contribution in [-0.4, -0.2) is 29.4 Å². The van der Waals surface area contributed by atoms with E-state index >= 15 is 0 Å². The Morgan fingerprint density at radius 3 is 2.42 bits per heavy atom. The zero-order chi connectivity index (χ0) is 17.6. The molecule has 2 heterocycles. The van der Waals surface area contributed by atoms with Gasteiger partial charge in [0.15, 0.2) is 0 Å². The van der Waals surface area contributed by atoms with Gasteiger partial charge in [0.1, 0.15) is 5.82 Å². The number of nitrogens with zero attached hydrogens (tertiary/aromatic N) is 1. The van der Waals surface area contributed by atoms with Gasteiger partial charge in [-0.2, -0.15) is 0 Å². The summed E-state index contributed by atoms with van der Waals surface area (Å²) in [6.07, 6.45) is 8.82. The van der Waals surface area contributed by atoms with Crippen molar-refractivity contribution in [3.63, 3.8) is 0 Å². The number of unbranched alkanes of at least 4 members (excludes halogenated alkanes) is 2. The van der Waals surface area contributed by atoms with Gasteiger partial charge >= 0.3 is 0 Å². The van der Waals surface area contributed by atoms with Crippen LogP contribution >= 0.6 is 12.4 Å². The fraction of sp³-hybridized carbons (Fsp3) is 0.667. The van der Waals surface area contributed by atoms with Crippen LogP contribution < -0.4 is 5.32 Å². The van der Waals surface area contributed by atoms with Crippen molar-refractivity contribution in [2.45, 2.75) is 76.9 Å². The van der Waals surface area contributed by atoms with E-state index in [1.54, 1.807) is 12.1 Å². The molecule has 0 aliphatic carbocycles. The van der Waals surface area contributed by atoms with E-state index in [1.165, 1.54) is 25.0 Å². The maximum Gasteiger partial charge on any atom is 0.223 e. The van der Waals surface area contributed by atoms with Crippen molar-refractivity contribution >= 4 is 18.3 Å². The first-order chi connectivity index (χ1) is 12.1. The number of amides is 1. The van der Waals surface area contributed by atoms with Crippen molar-refractivity contribution < 1.29 is 9.18 Å². The number of carbonyl (C=O) groups is 1. The maximum atomic E-state index is 13.1. The predicted octanol–water partition coefficient (Wildman–Crippen LogP) is 4.69. The van der Waals surface area contributed by atoms with E-state index in [1.807, 2.05) is 4.90 Å². The van der Waals surface area contributed by atoms with Crippen LogP contribution in [0.5, 0.6) is 0 Å². The van der Waals surface area contributed by atoms with Crippen LogP contribution in [0, 0.1) is 11.7 Å². The number of fused-ring (bicyclic) bond motifs is 2. The monoisotopic (exact) mass is 382 g/mol. The molecule has 2 saturated heterocycles. The Morgan fingerprint density at radius 2 is 1.81 bits per heavy atom. The molecule has 0 aromatic heterocycles. The van der Waals surface area contributed by atoms with E-state index in [0.29, 0.717) is 31.0 Å². The molecule has 2 bridgehead atoms. The highest BCUT2D eigenvalue weighted by Crippen LogP contribution is 2.33.